The zero-order chi connectivity index (χ0) is 44.3. The molecule has 10 heteroatoms. The van der Waals surface area contributed by atoms with Crippen LogP contribution in [0.1, 0.15) is 194 Å². The van der Waals surface area contributed by atoms with Gasteiger partial charge in [0.05, 0.1) is 27.7 Å². The third kappa shape index (κ3) is 45.2. The second-order valence-corrected chi connectivity index (χ2v) is 18.5. The molecule has 0 radical (unpaired) electrons. The summed E-state index contributed by atoms with van der Waals surface area (Å²) in [5, 5.41) is 0. The molecule has 0 aliphatic heterocycles. The Labute approximate surface area is 368 Å². The predicted octanol–water partition coefficient (Wildman–Crippen LogP) is 13.4. The summed E-state index contributed by atoms with van der Waals surface area (Å²) in [7, 11) is 1.16. The van der Waals surface area contributed by atoms with Crippen molar-refractivity contribution in [3.05, 3.63) is 60.8 Å². The number of rotatable bonds is 43. The number of ether oxygens (including phenoxy) is 2. The van der Waals surface area contributed by atoms with Crippen LogP contribution in [0.5, 0.6) is 0 Å². The van der Waals surface area contributed by atoms with Gasteiger partial charge in [-0.3, -0.25) is 14.2 Å². The zero-order valence-corrected chi connectivity index (χ0v) is 40.0. The smallest absolute Gasteiger partial charge is 0.306 e. The van der Waals surface area contributed by atoms with Crippen molar-refractivity contribution in [1.29, 1.82) is 0 Å². The SMILES string of the molecule is CC/C=C\C/C=C\C/C=C\C/C=C\C/C=C\CCCCCCCCCCCCCC(=O)OC(COC(=O)CCCCCCCCCCC)COP(=O)([O-])OCC[N+](C)(C)C. The third-order valence-corrected chi connectivity index (χ3v) is 11.0. The summed E-state index contributed by atoms with van der Waals surface area (Å²) < 4.78 is 33.9. The highest BCUT2D eigenvalue weighted by atomic mass is 31.2. The zero-order valence-electron chi connectivity index (χ0n) is 39.1. The maximum absolute atomic E-state index is 12.7. The lowest BCUT2D eigenvalue weighted by Crippen LogP contribution is -2.37. The Balaban J connectivity index is 4.15. The number of esters is 2. The van der Waals surface area contributed by atoms with Crippen molar-refractivity contribution in [3.8, 4) is 0 Å². The van der Waals surface area contributed by atoms with Crippen molar-refractivity contribution in [2.75, 3.05) is 47.5 Å². The first-order valence-electron chi connectivity index (χ1n) is 24.0. The van der Waals surface area contributed by atoms with E-state index in [1.165, 1.54) is 83.5 Å². The summed E-state index contributed by atoms with van der Waals surface area (Å²) in [6, 6.07) is 0. The summed E-state index contributed by atoms with van der Waals surface area (Å²) in [6.07, 6.45) is 51.2. The molecule has 60 heavy (non-hydrogen) atoms. The van der Waals surface area contributed by atoms with Gasteiger partial charge in [-0.1, -0.05) is 184 Å². The van der Waals surface area contributed by atoms with Crippen LogP contribution in [0.2, 0.25) is 0 Å². The molecular weight excluding hydrogens is 774 g/mol. The standard InChI is InChI=1S/C50H90NO8P/c1-6-8-10-12-14-16-17-18-19-20-21-22-23-24-25-26-27-28-29-30-31-32-33-35-37-39-41-43-50(53)59-48(47-58-60(54,55)57-45-44-51(3,4)5)46-56-49(52)42-40-38-36-34-15-13-11-9-7-2/h8,10,14,16,18-19,21-22,24-25,48H,6-7,9,11-13,15,17,20,23,26-47H2,1-5H3/b10-8-,16-14-,19-18-,22-21-,25-24-. The Morgan fingerprint density at radius 3 is 1.42 bits per heavy atom. The first-order chi connectivity index (χ1) is 29.0. The van der Waals surface area contributed by atoms with Crippen molar-refractivity contribution in [2.45, 2.75) is 200 Å². The van der Waals surface area contributed by atoms with Crippen LogP contribution in [-0.2, 0) is 32.7 Å². The minimum atomic E-state index is -4.62. The Kier molecular flexibility index (Phi) is 40.4. The highest BCUT2D eigenvalue weighted by molar-refractivity contribution is 7.45. The van der Waals surface area contributed by atoms with Gasteiger partial charge in [0, 0.05) is 12.8 Å². The minimum Gasteiger partial charge on any atom is -0.756 e. The van der Waals surface area contributed by atoms with Crippen LogP contribution in [0, 0.1) is 0 Å². The van der Waals surface area contributed by atoms with Gasteiger partial charge in [-0.25, -0.2) is 0 Å². The first-order valence-corrected chi connectivity index (χ1v) is 25.5. The number of likely N-dealkylation sites (N-methyl/N-ethyl adjacent to an activating group) is 1. The van der Waals surface area contributed by atoms with Crippen molar-refractivity contribution < 1.29 is 42.1 Å². The summed E-state index contributed by atoms with van der Waals surface area (Å²) in [5.41, 5.74) is 0. The molecule has 348 valence electrons. The highest BCUT2D eigenvalue weighted by Gasteiger charge is 2.21. The van der Waals surface area contributed by atoms with Crippen LogP contribution in [0.3, 0.4) is 0 Å². The Morgan fingerprint density at radius 1 is 0.533 bits per heavy atom. The normalized spacial score (nSPS) is 14.0. The van der Waals surface area contributed by atoms with Crippen molar-refractivity contribution in [3.63, 3.8) is 0 Å². The monoisotopic (exact) mass is 864 g/mol. The molecule has 0 aromatic rings. The fraction of sp³-hybridized carbons (Fsp3) is 0.760. The van der Waals surface area contributed by atoms with Gasteiger partial charge in [-0.15, -0.1) is 0 Å². The quantitative estimate of drug-likeness (QED) is 0.0196. The minimum absolute atomic E-state index is 0.0323. The molecule has 0 amide bonds. The molecule has 0 fully saturated rings. The summed E-state index contributed by atoms with van der Waals surface area (Å²) in [6.45, 7) is 4.09. The number of phosphoric acid groups is 1. The molecule has 0 rings (SSSR count). The van der Waals surface area contributed by atoms with E-state index < -0.39 is 26.5 Å². The van der Waals surface area contributed by atoms with Gasteiger partial charge in [-0.2, -0.15) is 0 Å². The average molecular weight is 864 g/mol. The van der Waals surface area contributed by atoms with Crippen LogP contribution < -0.4 is 4.89 Å². The van der Waals surface area contributed by atoms with Gasteiger partial charge in [0.15, 0.2) is 6.10 Å². The van der Waals surface area contributed by atoms with Crippen LogP contribution in [0.4, 0.5) is 0 Å². The Bertz CT molecular complexity index is 1210. The fourth-order valence-electron chi connectivity index (χ4n) is 6.33. The number of carbonyl (C=O) groups excluding carboxylic acids is 2. The molecule has 0 aromatic heterocycles. The van der Waals surface area contributed by atoms with Gasteiger partial charge >= 0.3 is 11.9 Å². The fourth-order valence-corrected chi connectivity index (χ4v) is 7.06. The van der Waals surface area contributed by atoms with E-state index in [1.54, 1.807) is 0 Å². The van der Waals surface area contributed by atoms with Gasteiger partial charge in [-0.05, 0) is 57.8 Å². The maximum Gasteiger partial charge on any atom is 0.306 e. The van der Waals surface area contributed by atoms with Gasteiger partial charge in [0.2, 0.25) is 0 Å². The van der Waals surface area contributed by atoms with Crippen LogP contribution in [0.15, 0.2) is 60.8 Å². The Morgan fingerprint density at radius 2 is 0.950 bits per heavy atom. The Hall–Kier alpha value is -2.29. The van der Waals surface area contributed by atoms with E-state index in [4.69, 9.17) is 18.5 Å². The largest absolute Gasteiger partial charge is 0.756 e. The molecule has 0 heterocycles. The lowest BCUT2D eigenvalue weighted by Gasteiger charge is -2.28. The van der Waals surface area contributed by atoms with E-state index in [0.717, 1.165) is 77.0 Å². The molecule has 0 aliphatic rings. The van der Waals surface area contributed by atoms with E-state index in [-0.39, 0.29) is 32.0 Å². The maximum atomic E-state index is 12.7. The van der Waals surface area contributed by atoms with Crippen molar-refractivity contribution in [1.82, 2.24) is 0 Å². The van der Waals surface area contributed by atoms with E-state index in [0.29, 0.717) is 17.4 Å². The van der Waals surface area contributed by atoms with E-state index in [9.17, 15) is 19.0 Å². The molecule has 0 bridgehead atoms. The second kappa shape index (κ2) is 42.0. The molecule has 0 saturated heterocycles. The van der Waals surface area contributed by atoms with E-state index in [2.05, 4.69) is 74.6 Å². The van der Waals surface area contributed by atoms with Gasteiger partial charge in [0.1, 0.15) is 19.8 Å². The molecule has 0 N–H and O–H groups in total. The lowest BCUT2D eigenvalue weighted by molar-refractivity contribution is -0.870. The molecule has 2 unspecified atom stereocenters. The number of nitrogens with zero attached hydrogens (tertiary/aromatic N) is 1. The summed E-state index contributed by atoms with van der Waals surface area (Å²) in [4.78, 5) is 37.5. The average Bonchev–Trinajstić information content (AvgIpc) is 3.20. The van der Waals surface area contributed by atoms with Crippen LogP contribution in [0.25, 0.3) is 0 Å². The van der Waals surface area contributed by atoms with Crippen molar-refractivity contribution in [2.24, 2.45) is 0 Å². The summed E-state index contributed by atoms with van der Waals surface area (Å²) >= 11 is 0. The number of quaternary nitrogens is 1. The topological polar surface area (TPSA) is 111 Å². The summed E-state index contributed by atoms with van der Waals surface area (Å²) in [5.74, 6) is -0.840. The predicted molar refractivity (Wildman–Crippen MR) is 250 cm³/mol. The number of carbonyl (C=O) groups is 2. The molecule has 0 aliphatic carbocycles. The highest BCUT2D eigenvalue weighted by Crippen LogP contribution is 2.38. The molecule has 9 nitrogen and oxygen atoms in total. The van der Waals surface area contributed by atoms with E-state index >= 15 is 0 Å². The molecule has 0 saturated carbocycles. The molecule has 0 aromatic carbocycles. The number of phosphoric ester groups is 1. The number of unbranched alkanes of at least 4 members (excludes halogenated alkanes) is 19. The number of allylic oxidation sites excluding steroid dienone is 10. The van der Waals surface area contributed by atoms with Crippen LogP contribution in [-0.4, -0.2) is 70.0 Å². The van der Waals surface area contributed by atoms with Gasteiger partial charge in [0.25, 0.3) is 7.82 Å². The van der Waals surface area contributed by atoms with E-state index in [1.807, 2.05) is 21.1 Å². The first kappa shape index (κ1) is 57.7. The lowest BCUT2D eigenvalue weighted by atomic mass is 10.0. The third-order valence-electron chi connectivity index (χ3n) is 10.1. The second-order valence-electron chi connectivity index (χ2n) is 17.1. The number of hydrogen-bond acceptors (Lipinski definition) is 8. The van der Waals surface area contributed by atoms with Crippen molar-refractivity contribution >= 4 is 19.8 Å². The number of hydrogen-bond donors (Lipinski definition) is 0. The molecule has 2 atom stereocenters. The van der Waals surface area contributed by atoms with Gasteiger partial charge < -0.3 is 27.9 Å². The van der Waals surface area contributed by atoms with Crippen LogP contribution >= 0.6 is 7.82 Å². The molecule has 0 spiro atoms. The molecular formula is C50H90NO8P.